The molecular weight excluding hydrogens is 288 g/mol. The van der Waals surface area contributed by atoms with Crippen molar-refractivity contribution in [3.8, 4) is 0 Å². The highest BCUT2D eigenvalue weighted by Crippen LogP contribution is 2.21. The molecule has 0 amide bonds. The summed E-state index contributed by atoms with van der Waals surface area (Å²) in [5.41, 5.74) is 0.595. The Morgan fingerprint density at radius 3 is 2.57 bits per heavy atom. The average Bonchev–Trinajstić information content (AvgIpc) is 2.91. The fourth-order valence-electron chi connectivity index (χ4n) is 2.00. The van der Waals surface area contributed by atoms with Crippen molar-refractivity contribution in [3.63, 3.8) is 0 Å². The maximum Gasteiger partial charge on any atom is 0.242 e. The molecule has 0 saturated heterocycles. The van der Waals surface area contributed by atoms with Gasteiger partial charge in [-0.1, -0.05) is 12.1 Å². The van der Waals surface area contributed by atoms with Gasteiger partial charge >= 0.3 is 0 Å². The van der Waals surface area contributed by atoms with Gasteiger partial charge in [-0.05, 0) is 38.1 Å². The van der Waals surface area contributed by atoms with E-state index in [0.717, 1.165) is 5.76 Å². The Labute approximate surface area is 125 Å². The molecule has 0 bridgehead atoms. The van der Waals surface area contributed by atoms with Gasteiger partial charge in [-0.3, -0.25) is 0 Å². The van der Waals surface area contributed by atoms with Gasteiger partial charge in [-0.15, -0.1) is 0 Å². The Balaban J connectivity index is 2.09. The second kappa shape index (κ2) is 6.78. The SMILES string of the molecule is CC(C)NS(=O)(=O)c1ccccc1NCCc1ccco1. The van der Waals surface area contributed by atoms with Crippen molar-refractivity contribution in [1.82, 2.24) is 4.72 Å². The maximum atomic E-state index is 12.3. The number of para-hydroxylation sites is 1. The first kappa shape index (κ1) is 15.6. The number of sulfonamides is 1. The molecule has 6 heteroatoms. The fourth-order valence-corrected chi connectivity index (χ4v) is 3.43. The quantitative estimate of drug-likeness (QED) is 0.825. The van der Waals surface area contributed by atoms with Crippen LogP contribution >= 0.6 is 0 Å². The summed E-state index contributed by atoms with van der Waals surface area (Å²) in [7, 11) is -3.51. The minimum Gasteiger partial charge on any atom is -0.469 e. The largest absolute Gasteiger partial charge is 0.469 e. The van der Waals surface area contributed by atoms with Crippen molar-refractivity contribution < 1.29 is 12.8 Å². The predicted octanol–water partition coefficient (Wildman–Crippen LogP) is 2.62. The lowest BCUT2D eigenvalue weighted by atomic mass is 10.3. The topological polar surface area (TPSA) is 71.3 Å². The first-order chi connectivity index (χ1) is 9.99. The Hall–Kier alpha value is -1.79. The van der Waals surface area contributed by atoms with Crippen molar-refractivity contribution in [3.05, 3.63) is 48.4 Å². The predicted molar refractivity (Wildman–Crippen MR) is 82.8 cm³/mol. The lowest BCUT2D eigenvalue weighted by molar-refractivity contribution is 0.513. The molecule has 0 fully saturated rings. The zero-order valence-electron chi connectivity index (χ0n) is 12.2. The van der Waals surface area contributed by atoms with E-state index in [-0.39, 0.29) is 10.9 Å². The van der Waals surface area contributed by atoms with Gasteiger partial charge in [0.05, 0.1) is 12.0 Å². The highest BCUT2D eigenvalue weighted by Gasteiger charge is 2.18. The summed E-state index contributed by atoms with van der Waals surface area (Å²) >= 11 is 0. The second-order valence-electron chi connectivity index (χ2n) is 5.03. The molecule has 0 radical (unpaired) electrons. The van der Waals surface area contributed by atoms with Crippen LogP contribution in [0.3, 0.4) is 0 Å². The van der Waals surface area contributed by atoms with E-state index < -0.39 is 10.0 Å². The second-order valence-corrected chi connectivity index (χ2v) is 6.71. The Kier molecular flexibility index (Phi) is 5.03. The van der Waals surface area contributed by atoms with Crippen LogP contribution in [0.2, 0.25) is 0 Å². The van der Waals surface area contributed by atoms with Crippen LogP contribution in [-0.4, -0.2) is 21.0 Å². The van der Waals surface area contributed by atoms with Crippen LogP contribution < -0.4 is 10.0 Å². The molecule has 2 aromatic rings. The van der Waals surface area contributed by atoms with Crippen molar-refractivity contribution in [2.45, 2.75) is 31.2 Å². The Morgan fingerprint density at radius 1 is 1.14 bits per heavy atom. The highest BCUT2D eigenvalue weighted by atomic mass is 32.2. The van der Waals surface area contributed by atoms with Crippen LogP contribution in [0.15, 0.2) is 52.0 Å². The van der Waals surface area contributed by atoms with E-state index in [0.29, 0.717) is 18.7 Å². The number of nitrogens with one attached hydrogen (secondary N) is 2. The van der Waals surface area contributed by atoms with Gasteiger partial charge in [-0.25, -0.2) is 13.1 Å². The van der Waals surface area contributed by atoms with Gasteiger partial charge in [0.2, 0.25) is 10.0 Å². The molecule has 114 valence electrons. The number of hydrogen-bond donors (Lipinski definition) is 2. The molecule has 1 aromatic carbocycles. The highest BCUT2D eigenvalue weighted by molar-refractivity contribution is 7.89. The molecule has 0 unspecified atom stereocenters. The van der Waals surface area contributed by atoms with E-state index >= 15 is 0 Å². The lowest BCUT2D eigenvalue weighted by Gasteiger charge is -2.14. The molecule has 0 aliphatic rings. The van der Waals surface area contributed by atoms with Gasteiger partial charge in [-0.2, -0.15) is 0 Å². The molecule has 0 aliphatic carbocycles. The zero-order chi connectivity index (χ0) is 15.3. The van der Waals surface area contributed by atoms with Gasteiger partial charge < -0.3 is 9.73 Å². The molecule has 0 atom stereocenters. The molecule has 2 N–H and O–H groups in total. The van der Waals surface area contributed by atoms with Crippen LogP contribution in [0.25, 0.3) is 0 Å². The summed E-state index contributed by atoms with van der Waals surface area (Å²) in [5, 5.41) is 3.15. The van der Waals surface area contributed by atoms with E-state index in [1.54, 1.807) is 38.3 Å². The van der Waals surface area contributed by atoms with Crippen LogP contribution in [0.1, 0.15) is 19.6 Å². The summed E-state index contributed by atoms with van der Waals surface area (Å²) in [6, 6.07) is 10.5. The number of benzene rings is 1. The van der Waals surface area contributed by atoms with E-state index in [1.807, 2.05) is 18.2 Å². The molecule has 1 aromatic heterocycles. The first-order valence-corrected chi connectivity index (χ1v) is 8.35. The molecule has 0 aliphatic heterocycles. The monoisotopic (exact) mass is 308 g/mol. The van der Waals surface area contributed by atoms with Crippen LogP contribution in [-0.2, 0) is 16.4 Å². The summed E-state index contributed by atoms with van der Waals surface area (Å²) in [6.45, 7) is 4.19. The van der Waals surface area contributed by atoms with Gasteiger partial charge in [0.25, 0.3) is 0 Å². The Bertz CT molecular complexity index is 664. The third kappa shape index (κ3) is 4.34. The Morgan fingerprint density at radius 2 is 1.90 bits per heavy atom. The average molecular weight is 308 g/mol. The third-order valence-electron chi connectivity index (χ3n) is 2.83. The molecule has 1 heterocycles. The number of rotatable bonds is 7. The molecule has 21 heavy (non-hydrogen) atoms. The molecule has 0 spiro atoms. The summed E-state index contributed by atoms with van der Waals surface area (Å²) in [4.78, 5) is 0.262. The minimum atomic E-state index is -3.51. The van der Waals surface area contributed by atoms with Crippen molar-refractivity contribution >= 4 is 15.7 Å². The minimum absolute atomic E-state index is 0.147. The third-order valence-corrected chi connectivity index (χ3v) is 4.55. The van der Waals surface area contributed by atoms with Crippen LogP contribution in [0, 0.1) is 0 Å². The lowest BCUT2D eigenvalue weighted by Crippen LogP contribution is -2.30. The standard InChI is InChI=1S/C15H20N2O3S/c1-12(2)17-21(18,19)15-8-4-3-7-14(15)16-10-9-13-6-5-11-20-13/h3-8,11-12,16-17H,9-10H2,1-2H3. The molecule has 5 nitrogen and oxygen atoms in total. The smallest absolute Gasteiger partial charge is 0.242 e. The number of anilines is 1. The zero-order valence-corrected chi connectivity index (χ0v) is 13.0. The fraction of sp³-hybridized carbons (Fsp3) is 0.333. The van der Waals surface area contributed by atoms with E-state index in [2.05, 4.69) is 10.0 Å². The molecule has 2 rings (SSSR count). The van der Waals surface area contributed by atoms with Crippen LogP contribution in [0.5, 0.6) is 0 Å². The van der Waals surface area contributed by atoms with Gasteiger partial charge in [0.1, 0.15) is 10.7 Å². The first-order valence-electron chi connectivity index (χ1n) is 6.86. The van der Waals surface area contributed by atoms with Crippen molar-refractivity contribution in [2.75, 3.05) is 11.9 Å². The van der Waals surface area contributed by atoms with Crippen LogP contribution in [0.4, 0.5) is 5.69 Å². The summed E-state index contributed by atoms with van der Waals surface area (Å²) < 4.78 is 32.4. The van der Waals surface area contributed by atoms with Gasteiger partial charge in [0.15, 0.2) is 0 Å². The number of hydrogen-bond acceptors (Lipinski definition) is 4. The molecule has 0 saturated carbocycles. The molecular formula is C15H20N2O3S. The number of furan rings is 1. The van der Waals surface area contributed by atoms with E-state index in [1.165, 1.54) is 0 Å². The van der Waals surface area contributed by atoms with E-state index in [4.69, 9.17) is 4.42 Å². The van der Waals surface area contributed by atoms with E-state index in [9.17, 15) is 8.42 Å². The summed E-state index contributed by atoms with van der Waals surface area (Å²) in [6.07, 6.45) is 2.32. The van der Waals surface area contributed by atoms with Crippen molar-refractivity contribution in [2.24, 2.45) is 0 Å². The van der Waals surface area contributed by atoms with Crippen molar-refractivity contribution in [1.29, 1.82) is 0 Å². The van der Waals surface area contributed by atoms with Gasteiger partial charge in [0, 0.05) is 19.0 Å². The normalized spacial score (nSPS) is 11.8. The maximum absolute atomic E-state index is 12.3. The summed E-state index contributed by atoms with van der Waals surface area (Å²) in [5.74, 6) is 0.864.